The zero-order valence-corrected chi connectivity index (χ0v) is 6.48. The predicted molar refractivity (Wildman–Crippen MR) is 21.3 cm³/mol. The predicted octanol–water partition coefficient (Wildman–Crippen LogP) is -3.91. The topological polar surface area (TPSA) is 95.1 Å². The zero-order valence-electron chi connectivity index (χ0n) is 4.59. The summed E-state index contributed by atoms with van der Waals surface area (Å²) in [5.74, 6) is 0. The molecule has 0 aliphatic rings. The second-order valence-electron chi connectivity index (χ2n) is 0.763. The van der Waals surface area contributed by atoms with Crippen molar-refractivity contribution in [3.8, 4) is 0 Å². The summed E-state index contributed by atoms with van der Waals surface area (Å²) in [6.07, 6.45) is 0. The first-order chi connectivity index (χ1) is 2.00. The molecule has 4 nitrogen and oxygen atoms in total. The average Bonchev–Trinajstić information content (AvgIpc) is 0.722. The minimum absolute atomic E-state index is 0. The van der Waals surface area contributed by atoms with Crippen LogP contribution in [-0.2, 0) is 4.57 Å². The third-order valence-corrected chi connectivity index (χ3v) is 0. The second kappa shape index (κ2) is 3.16. The monoisotopic (exact) mass is 119 g/mol. The van der Waals surface area contributed by atoms with E-state index >= 15 is 0 Å². The summed E-state index contributed by atoms with van der Waals surface area (Å²) in [5, 5.41) is 0. The Morgan fingerprint density at radius 3 is 1.33 bits per heavy atom. The summed E-state index contributed by atoms with van der Waals surface area (Å²) in [6.45, 7) is 0. The molecule has 0 aliphatic carbocycles. The van der Waals surface area contributed by atoms with Gasteiger partial charge in [0.25, 0.3) is 7.59 Å². The normalized spacial score (nSPS) is 9.83. The minimum Gasteiger partial charge on any atom is -1.00 e. The Kier molecular flexibility index (Phi) is 5.35. The van der Waals surface area contributed by atoms with Gasteiger partial charge in [-0.25, -0.2) is 0 Å². The Hall–Kier alpha value is 1.11. The van der Waals surface area contributed by atoms with Gasteiger partial charge in [-0.2, -0.15) is 0 Å². The van der Waals surface area contributed by atoms with Crippen LogP contribution in [0.2, 0.25) is 0 Å². The molecule has 0 aromatic rings. The molecule has 6 heteroatoms. The Balaban J connectivity index is -0.0000000800. The SMILES string of the molecule is NP(N)(N)=O.[H-].[Na+]. The van der Waals surface area contributed by atoms with Gasteiger partial charge in [-0.3, -0.25) is 21.1 Å². The van der Waals surface area contributed by atoms with Crippen molar-refractivity contribution in [1.82, 2.24) is 0 Å². The van der Waals surface area contributed by atoms with Crippen LogP contribution in [-0.4, -0.2) is 0 Å². The summed E-state index contributed by atoms with van der Waals surface area (Å²) in [7, 11) is -3.14. The van der Waals surface area contributed by atoms with Crippen molar-refractivity contribution in [3.63, 3.8) is 0 Å². The van der Waals surface area contributed by atoms with E-state index in [-0.39, 0.29) is 31.0 Å². The maximum atomic E-state index is 9.55. The number of rotatable bonds is 0. The molecule has 0 amide bonds. The molecule has 0 saturated heterocycles. The van der Waals surface area contributed by atoms with Crippen molar-refractivity contribution in [2.75, 3.05) is 0 Å². The van der Waals surface area contributed by atoms with Crippen LogP contribution in [0.3, 0.4) is 0 Å². The van der Waals surface area contributed by atoms with Gasteiger partial charge in [0.15, 0.2) is 0 Å². The van der Waals surface area contributed by atoms with Crippen LogP contribution in [0, 0.1) is 0 Å². The first-order valence-electron chi connectivity index (χ1n) is 0.957. The van der Waals surface area contributed by atoms with Crippen molar-refractivity contribution in [2.24, 2.45) is 16.5 Å². The van der Waals surface area contributed by atoms with Gasteiger partial charge in [0, 0.05) is 0 Å². The van der Waals surface area contributed by atoms with E-state index in [1.165, 1.54) is 0 Å². The maximum absolute atomic E-state index is 9.55. The number of hydrogen-bond acceptors (Lipinski definition) is 1. The molecule has 34 valence electrons. The fourth-order valence-electron chi connectivity index (χ4n) is 0. The molecule has 0 radical (unpaired) electrons. The molecule has 0 heterocycles. The Morgan fingerprint density at radius 2 is 1.33 bits per heavy atom. The van der Waals surface area contributed by atoms with Crippen molar-refractivity contribution >= 4 is 7.59 Å². The summed E-state index contributed by atoms with van der Waals surface area (Å²) in [5.41, 5.74) is 13.4. The smallest absolute Gasteiger partial charge is 1.00 e. The molecule has 0 aromatic heterocycles. The molecule has 0 unspecified atom stereocenters. The van der Waals surface area contributed by atoms with Crippen LogP contribution in [0.15, 0.2) is 0 Å². The van der Waals surface area contributed by atoms with Crippen molar-refractivity contribution < 1.29 is 35.5 Å². The molecular weight excluding hydrogens is 112 g/mol. The van der Waals surface area contributed by atoms with Gasteiger partial charge < -0.3 is 1.43 Å². The number of nitrogens with two attached hydrogens (primary N) is 3. The van der Waals surface area contributed by atoms with E-state index in [2.05, 4.69) is 16.5 Å². The van der Waals surface area contributed by atoms with E-state index in [0.29, 0.717) is 0 Å². The summed E-state index contributed by atoms with van der Waals surface area (Å²) >= 11 is 0. The van der Waals surface area contributed by atoms with Crippen LogP contribution >= 0.6 is 7.59 Å². The molecule has 0 aliphatic heterocycles. The van der Waals surface area contributed by atoms with Gasteiger partial charge in [-0.05, 0) is 0 Å². The van der Waals surface area contributed by atoms with Crippen molar-refractivity contribution in [1.29, 1.82) is 0 Å². The van der Waals surface area contributed by atoms with E-state index in [1.54, 1.807) is 0 Å². The van der Waals surface area contributed by atoms with Crippen LogP contribution in [0.5, 0.6) is 0 Å². The molecule has 0 spiro atoms. The summed E-state index contributed by atoms with van der Waals surface area (Å²) in [4.78, 5) is 0. The third kappa shape index (κ3) is 70.1. The standard InChI is InChI=1S/H6N3OP.Na.H/c1-5(2,3)4;;/h(H6,1,2,3,4);;/q;+1;-1. The average molecular weight is 119 g/mol. The third-order valence-electron chi connectivity index (χ3n) is 0. The van der Waals surface area contributed by atoms with Gasteiger partial charge >= 0.3 is 29.6 Å². The Morgan fingerprint density at radius 1 is 1.33 bits per heavy atom. The molecule has 6 heavy (non-hydrogen) atoms. The molecule has 6 N–H and O–H groups in total. The summed E-state index contributed by atoms with van der Waals surface area (Å²) < 4.78 is 9.55. The van der Waals surface area contributed by atoms with Gasteiger partial charge in [0.1, 0.15) is 0 Å². The fraction of sp³-hybridized carbons (Fsp3) is 0. The van der Waals surface area contributed by atoms with Crippen LogP contribution in [0.25, 0.3) is 0 Å². The number of hydrogen-bond donors (Lipinski definition) is 3. The molecule has 0 bridgehead atoms. The van der Waals surface area contributed by atoms with Crippen molar-refractivity contribution in [2.45, 2.75) is 0 Å². The van der Waals surface area contributed by atoms with Gasteiger partial charge in [0.05, 0.1) is 0 Å². The van der Waals surface area contributed by atoms with E-state index in [0.717, 1.165) is 0 Å². The summed E-state index contributed by atoms with van der Waals surface area (Å²) in [6, 6.07) is 0. The first kappa shape index (κ1) is 10.2. The molecule has 0 rings (SSSR count). The van der Waals surface area contributed by atoms with Crippen molar-refractivity contribution in [3.05, 3.63) is 0 Å². The molecule has 0 saturated carbocycles. The van der Waals surface area contributed by atoms with Crippen LogP contribution in [0.4, 0.5) is 0 Å². The Bertz CT molecular complexity index is 61.1. The minimum atomic E-state index is -3.14. The first-order valence-corrected chi connectivity index (χ1v) is 2.87. The maximum Gasteiger partial charge on any atom is 1.00 e. The molecular formula is H7N3NaOP. The molecule has 0 atom stereocenters. The van der Waals surface area contributed by atoms with E-state index in [9.17, 15) is 4.57 Å². The molecule has 0 aromatic carbocycles. The second-order valence-corrected chi connectivity index (χ2v) is 2.29. The quantitative estimate of drug-likeness (QED) is 0.224. The van der Waals surface area contributed by atoms with E-state index < -0.39 is 7.59 Å². The zero-order chi connectivity index (χ0) is 4.50. The largest absolute Gasteiger partial charge is 1.00 e. The van der Waals surface area contributed by atoms with Crippen LogP contribution in [0.1, 0.15) is 1.43 Å². The van der Waals surface area contributed by atoms with E-state index in [1.807, 2.05) is 0 Å². The Labute approximate surface area is 59.8 Å². The van der Waals surface area contributed by atoms with Gasteiger partial charge in [-0.1, -0.05) is 0 Å². The fourth-order valence-corrected chi connectivity index (χ4v) is 0. The van der Waals surface area contributed by atoms with Gasteiger partial charge in [-0.15, -0.1) is 0 Å². The van der Waals surface area contributed by atoms with Crippen LogP contribution < -0.4 is 46.1 Å². The van der Waals surface area contributed by atoms with E-state index in [4.69, 9.17) is 0 Å². The molecule has 0 fully saturated rings. The van der Waals surface area contributed by atoms with Gasteiger partial charge in [0.2, 0.25) is 0 Å².